The Morgan fingerprint density at radius 3 is 2.53 bits per heavy atom. The van der Waals surface area contributed by atoms with Crippen molar-refractivity contribution in [3.8, 4) is 0 Å². The van der Waals surface area contributed by atoms with E-state index in [0.29, 0.717) is 12.1 Å². The molecule has 0 saturated carbocycles. The van der Waals surface area contributed by atoms with Crippen molar-refractivity contribution in [3.63, 3.8) is 0 Å². The minimum absolute atomic E-state index is 0.107. The summed E-state index contributed by atoms with van der Waals surface area (Å²) >= 11 is 5.78. The molecule has 0 aliphatic rings. The fraction of sp³-hybridized carbons (Fsp3) is 0.200. The van der Waals surface area contributed by atoms with E-state index in [4.69, 9.17) is 11.6 Å². The van der Waals surface area contributed by atoms with Crippen LogP contribution in [0.4, 0.5) is 14.5 Å². The van der Waals surface area contributed by atoms with Crippen LogP contribution in [-0.2, 0) is 12.4 Å². The highest BCUT2D eigenvalue weighted by atomic mass is 35.5. The summed E-state index contributed by atoms with van der Waals surface area (Å²) in [4.78, 5) is 1.86. The lowest BCUT2D eigenvalue weighted by atomic mass is 10.1. The largest absolute Gasteiger partial charge is 0.370 e. The van der Waals surface area contributed by atoms with Gasteiger partial charge in [-0.3, -0.25) is 0 Å². The Kier molecular flexibility index (Phi) is 4.38. The van der Waals surface area contributed by atoms with Crippen molar-refractivity contribution < 1.29 is 8.78 Å². The van der Waals surface area contributed by atoms with Gasteiger partial charge in [0.15, 0.2) is 0 Å². The van der Waals surface area contributed by atoms with Gasteiger partial charge in [-0.05, 0) is 29.8 Å². The summed E-state index contributed by atoms with van der Waals surface area (Å²) in [5.41, 5.74) is 2.01. The summed E-state index contributed by atoms with van der Waals surface area (Å²) in [7, 11) is 1.83. The van der Waals surface area contributed by atoms with E-state index in [9.17, 15) is 8.78 Å². The minimum atomic E-state index is -0.321. The lowest BCUT2D eigenvalue weighted by Crippen LogP contribution is -2.18. The van der Waals surface area contributed by atoms with Crippen molar-refractivity contribution in [2.24, 2.45) is 0 Å². The second-order valence-electron chi connectivity index (χ2n) is 4.36. The molecule has 2 aromatic rings. The van der Waals surface area contributed by atoms with Gasteiger partial charge in [-0.15, -0.1) is 11.6 Å². The van der Waals surface area contributed by atoms with Gasteiger partial charge in [0.05, 0.1) is 5.88 Å². The highest BCUT2D eigenvalue weighted by Gasteiger charge is 2.11. The zero-order valence-corrected chi connectivity index (χ0v) is 11.3. The van der Waals surface area contributed by atoms with Gasteiger partial charge in [-0.2, -0.15) is 0 Å². The lowest BCUT2D eigenvalue weighted by Gasteiger charge is -2.22. The molecule has 2 aromatic carbocycles. The molecule has 0 aliphatic carbocycles. The van der Waals surface area contributed by atoms with Crippen molar-refractivity contribution in [2.45, 2.75) is 12.4 Å². The number of benzene rings is 2. The van der Waals surface area contributed by atoms with Crippen LogP contribution >= 0.6 is 11.6 Å². The van der Waals surface area contributed by atoms with Crippen molar-refractivity contribution in [2.75, 3.05) is 11.9 Å². The van der Waals surface area contributed by atoms with Gasteiger partial charge in [0.25, 0.3) is 0 Å². The molecule has 0 spiro atoms. The van der Waals surface area contributed by atoms with E-state index >= 15 is 0 Å². The van der Waals surface area contributed by atoms with E-state index < -0.39 is 0 Å². The van der Waals surface area contributed by atoms with Crippen LogP contribution in [0.2, 0.25) is 0 Å². The molecular weight excluding hydrogens is 268 g/mol. The maximum atomic E-state index is 13.6. The van der Waals surface area contributed by atoms with Crippen molar-refractivity contribution in [3.05, 3.63) is 65.2 Å². The molecule has 0 saturated heterocycles. The Balaban J connectivity index is 2.25. The number of nitrogens with zero attached hydrogens (tertiary/aromatic N) is 1. The van der Waals surface area contributed by atoms with Crippen LogP contribution in [0.25, 0.3) is 0 Å². The second kappa shape index (κ2) is 6.02. The van der Waals surface area contributed by atoms with Crippen molar-refractivity contribution >= 4 is 17.3 Å². The first kappa shape index (κ1) is 13.8. The second-order valence-corrected chi connectivity index (χ2v) is 4.62. The zero-order valence-electron chi connectivity index (χ0n) is 10.5. The summed E-state index contributed by atoms with van der Waals surface area (Å²) in [6, 6.07) is 11.2. The number of anilines is 1. The van der Waals surface area contributed by atoms with Crippen molar-refractivity contribution in [1.82, 2.24) is 0 Å². The Hall–Kier alpha value is -1.61. The molecule has 0 aliphatic heterocycles. The summed E-state index contributed by atoms with van der Waals surface area (Å²) in [6.07, 6.45) is 0. The smallest absolute Gasteiger partial charge is 0.129 e. The van der Waals surface area contributed by atoms with Crippen LogP contribution in [0.5, 0.6) is 0 Å². The standard InChI is InChI=1S/C15H14ClF2N/c1-19(10-11-4-2-5-12(17)8-11)15-7-3-6-14(18)13(15)9-16/h2-8H,9-10H2,1H3. The first-order valence-electron chi connectivity index (χ1n) is 5.90. The molecule has 2 rings (SSSR count). The average molecular weight is 282 g/mol. The quantitative estimate of drug-likeness (QED) is 0.754. The average Bonchev–Trinajstić information content (AvgIpc) is 2.38. The van der Waals surface area contributed by atoms with Gasteiger partial charge in [-0.1, -0.05) is 18.2 Å². The molecule has 0 amide bonds. The molecule has 0 aromatic heterocycles. The van der Waals surface area contributed by atoms with Crippen LogP contribution < -0.4 is 4.90 Å². The molecule has 0 heterocycles. The number of hydrogen-bond donors (Lipinski definition) is 0. The van der Waals surface area contributed by atoms with E-state index in [1.807, 2.05) is 18.0 Å². The van der Waals surface area contributed by atoms with Gasteiger partial charge in [0.2, 0.25) is 0 Å². The summed E-state index contributed by atoms with van der Waals surface area (Å²) in [6.45, 7) is 0.491. The van der Waals surface area contributed by atoms with Gasteiger partial charge in [-0.25, -0.2) is 8.78 Å². The predicted molar refractivity (Wildman–Crippen MR) is 74.5 cm³/mol. The van der Waals surface area contributed by atoms with Crippen LogP contribution in [0.15, 0.2) is 42.5 Å². The van der Waals surface area contributed by atoms with Crippen molar-refractivity contribution in [1.29, 1.82) is 0 Å². The van der Waals surface area contributed by atoms with E-state index in [2.05, 4.69) is 0 Å². The van der Waals surface area contributed by atoms with Crippen LogP contribution in [-0.4, -0.2) is 7.05 Å². The Morgan fingerprint density at radius 1 is 1.11 bits per heavy atom. The third-order valence-corrected chi connectivity index (χ3v) is 3.22. The molecule has 0 fully saturated rings. The molecule has 19 heavy (non-hydrogen) atoms. The molecule has 1 nitrogen and oxygen atoms in total. The fourth-order valence-corrected chi connectivity index (χ4v) is 2.30. The van der Waals surface area contributed by atoms with E-state index in [0.717, 1.165) is 11.3 Å². The van der Waals surface area contributed by atoms with Crippen LogP contribution in [0, 0.1) is 11.6 Å². The van der Waals surface area contributed by atoms with Crippen LogP contribution in [0.3, 0.4) is 0 Å². The third kappa shape index (κ3) is 3.24. The van der Waals surface area contributed by atoms with Gasteiger partial charge >= 0.3 is 0 Å². The predicted octanol–water partition coefficient (Wildman–Crippen LogP) is 4.34. The summed E-state index contributed by atoms with van der Waals surface area (Å²) in [5, 5.41) is 0. The summed E-state index contributed by atoms with van der Waals surface area (Å²) < 4.78 is 26.8. The molecule has 100 valence electrons. The maximum Gasteiger partial charge on any atom is 0.129 e. The maximum absolute atomic E-state index is 13.6. The Morgan fingerprint density at radius 2 is 1.84 bits per heavy atom. The fourth-order valence-electron chi connectivity index (χ4n) is 2.03. The molecule has 0 unspecified atom stereocenters. The van der Waals surface area contributed by atoms with E-state index in [1.165, 1.54) is 18.2 Å². The Bertz CT molecular complexity index is 572. The van der Waals surface area contributed by atoms with E-state index in [1.54, 1.807) is 18.2 Å². The van der Waals surface area contributed by atoms with Crippen LogP contribution in [0.1, 0.15) is 11.1 Å². The molecule has 0 N–H and O–H groups in total. The first-order valence-corrected chi connectivity index (χ1v) is 6.44. The topological polar surface area (TPSA) is 3.24 Å². The molecule has 0 bridgehead atoms. The van der Waals surface area contributed by atoms with Gasteiger partial charge in [0.1, 0.15) is 11.6 Å². The normalized spacial score (nSPS) is 10.5. The van der Waals surface area contributed by atoms with Gasteiger partial charge in [0, 0.05) is 24.8 Å². The third-order valence-electron chi connectivity index (χ3n) is 2.95. The number of rotatable bonds is 4. The number of hydrogen-bond acceptors (Lipinski definition) is 1. The molecule has 0 atom stereocenters. The highest BCUT2D eigenvalue weighted by Crippen LogP contribution is 2.25. The minimum Gasteiger partial charge on any atom is -0.370 e. The zero-order chi connectivity index (χ0) is 13.8. The summed E-state index contributed by atoms with van der Waals surface area (Å²) in [5.74, 6) is -0.489. The number of halogens is 3. The van der Waals surface area contributed by atoms with E-state index in [-0.39, 0.29) is 17.5 Å². The number of alkyl halides is 1. The molecule has 0 radical (unpaired) electrons. The Labute approximate surface area is 116 Å². The monoisotopic (exact) mass is 281 g/mol. The van der Waals surface area contributed by atoms with Gasteiger partial charge < -0.3 is 4.90 Å². The molecule has 4 heteroatoms. The molecular formula is C15H14ClF2N. The SMILES string of the molecule is CN(Cc1cccc(F)c1)c1cccc(F)c1CCl. The highest BCUT2D eigenvalue weighted by molar-refractivity contribution is 6.17. The lowest BCUT2D eigenvalue weighted by molar-refractivity contribution is 0.615. The first-order chi connectivity index (χ1) is 9.11.